The second-order valence-electron chi connectivity index (χ2n) is 3.86. The first kappa shape index (κ1) is 13.5. The Kier molecular flexibility index (Phi) is 6.04. The largest absolute Gasteiger partial charge is 0.326 e. The summed E-state index contributed by atoms with van der Waals surface area (Å²) in [6, 6.07) is 7.90. The number of nitrogens with one attached hydrogen (secondary N) is 2. The molecule has 0 aliphatic rings. The van der Waals surface area contributed by atoms with E-state index in [4.69, 9.17) is 0 Å². The second kappa shape index (κ2) is 7.63. The minimum atomic E-state index is 0.0329. The number of amides is 1. The first-order valence-electron chi connectivity index (χ1n) is 5.96. The van der Waals surface area contributed by atoms with Gasteiger partial charge in [-0.1, -0.05) is 25.1 Å². The first-order valence-corrected chi connectivity index (χ1v) is 5.96. The van der Waals surface area contributed by atoms with Gasteiger partial charge in [0, 0.05) is 18.7 Å². The molecular weight excluding hydrogens is 212 g/mol. The highest BCUT2D eigenvalue weighted by Gasteiger charge is 2.01. The molecule has 0 fully saturated rings. The Morgan fingerprint density at radius 3 is 3.00 bits per heavy atom. The molecule has 2 N–H and O–H groups in total. The molecular formula is C14H20N2O. The Balaban J connectivity index is 2.52. The molecule has 0 radical (unpaired) electrons. The van der Waals surface area contributed by atoms with Gasteiger partial charge in [0.15, 0.2) is 0 Å². The van der Waals surface area contributed by atoms with Crippen LogP contribution in [0, 0.1) is 0 Å². The quantitative estimate of drug-likeness (QED) is 0.710. The maximum Gasteiger partial charge on any atom is 0.224 e. The number of benzene rings is 1. The summed E-state index contributed by atoms with van der Waals surface area (Å²) in [7, 11) is 0. The average Bonchev–Trinajstić information content (AvgIpc) is 2.34. The number of anilines is 1. The number of rotatable bonds is 7. The molecule has 1 rings (SSSR count). The first-order chi connectivity index (χ1) is 8.26. The van der Waals surface area contributed by atoms with Gasteiger partial charge in [-0.05, 0) is 30.7 Å². The summed E-state index contributed by atoms with van der Waals surface area (Å²) in [6.45, 7) is 7.44. The molecule has 3 heteroatoms. The van der Waals surface area contributed by atoms with E-state index in [1.165, 1.54) is 5.56 Å². The minimum Gasteiger partial charge on any atom is -0.326 e. The Morgan fingerprint density at radius 2 is 2.29 bits per heavy atom. The zero-order valence-corrected chi connectivity index (χ0v) is 10.3. The zero-order chi connectivity index (χ0) is 12.5. The molecule has 3 nitrogen and oxygen atoms in total. The van der Waals surface area contributed by atoms with E-state index in [9.17, 15) is 4.79 Å². The van der Waals surface area contributed by atoms with Crippen LogP contribution in [0.5, 0.6) is 0 Å². The van der Waals surface area contributed by atoms with Gasteiger partial charge in [-0.3, -0.25) is 4.79 Å². The van der Waals surface area contributed by atoms with Crippen LogP contribution in [-0.2, 0) is 11.3 Å². The predicted molar refractivity (Wildman–Crippen MR) is 71.9 cm³/mol. The van der Waals surface area contributed by atoms with Crippen molar-refractivity contribution in [3.05, 3.63) is 42.5 Å². The molecule has 0 bridgehead atoms. The fourth-order valence-corrected chi connectivity index (χ4v) is 1.49. The van der Waals surface area contributed by atoms with E-state index in [-0.39, 0.29) is 5.91 Å². The van der Waals surface area contributed by atoms with Crippen LogP contribution >= 0.6 is 0 Å². The van der Waals surface area contributed by atoms with E-state index < -0.39 is 0 Å². The number of carbonyl (C=O) groups excluding carboxylic acids is 1. The molecule has 1 aromatic carbocycles. The van der Waals surface area contributed by atoms with Gasteiger partial charge < -0.3 is 10.6 Å². The maximum absolute atomic E-state index is 11.5. The maximum atomic E-state index is 11.5. The van der Waals surface area contributed by atoms with Crippen LogP contribution in [0.1, 0.15) is 25.3 Å². The summed E-state index contributed by atoms with van der Waals surface area (Å²) in [6.07, 6.45) is 2.95. The number of carbonyl (C=O) groups is 1. The van der Waals surface area contributed by atoms with Crippen LogP contribution in [0.3, 0.4) is 0 Å². The zero-order valence-electron chi connectivity index (χ0n) is 10.3. The average molecular weight is 232 g/mol. The van der Waals surface area contributed by atoms with Crippen molar-refractivity contribution in [1.29, 1.82) is 0 Å². The van der Waals surface area contributed by atoms with Crippen LogP contribution < -0.4 is 10.6 Å². The summed E-state index contributed by atoms with van der Waals surface area (Å²) in [4.78, 5) is 11.5. The lowest BCUT2D eigenvalue weighted by atomic mass is 10.2. The molecule has 0 spiro atoms. The highest BCUT2D eigenvalue weighted by atomic mass is 16.1. The summed E-state index contributed by atoms with van der Waals surface area (Å²) in [5.74, 6) is 0.0329. The molecule has 0 aliphatic heterocycles. The highest BCUT2D eigenvalue weighted by molar-refractivity contribution is 5.90. The number of allylic oxidation sites excluding steroid dienone is 1. The van der Waals surface area contributed by atoms with Gasteiger partial charge in [-0.15, -0.1) is 6.58 Å². The molecule has 17 heavy (non-hydrogen) atoms. The third-order valence-corrected chi connectivity index (χ3v) is 2.37. The van der Waals surface area contributed by atoms with E-state index in [0.29, 0.717) is 12.8 Å². The lowest BCUT2D eigenvalue weighted by Crippen LogP contribution is -2.13. The topological polar surface area (TPSA) is 41.1 Å². The van der Waals surface area contributed by atoms with Gasteiger partial charge in [-0.25, -0.2) is 0 Å². The summed E-state index contributed by atoms with van der Waals surface area (Å²) in [5.41, 5.74) is 2.03. The predicted octanol–water partition coefficient (Wildman–Crippen LogP) is 2.70. The van der Waals surface area contributed by atoms with Gasteiger partial charge >= 0.3 is 0 Å². The van der Waals surface area contributed by atoms with Gasteiger partial charge in [0.2, 0.25) is 5.91 Å². The van der Waals surface area contributed by atoms with Crippen LogP contribution in [0.25, 0.3) is 0 Å². The van der Waals surface area contributed by atoms with Crippen molar-refractivity contribution in [1.82, 2.24) is 5.32 Å². The minimum absolute atomic E-state index is 0.0329. The van der Waals surface area contributed by atoms with E-state index in [1.807, 2.05) is 24.3 Å². The van der Waals surface area contributed by atoms with Crippen LogP contribution in [0.4, 0.5) is 5.69 Å². The fourth-order valence-electron chi connectivity index (χ4n) is 1.49. The molecule has 0 saturated carbocycles. The Bertz CT molecular complexity index is 374. The Morgan fingerprint density at radius 1 is 1.47 bits per heavy atom. The summed E-state index contributed by atoms with van der Waals surface area (Å²) >= 11 is 0. The summed E-state index contributed by atoms with van der Waals surface area (Å²) in [5, 5.41) is 6.13. The SMILES string of the molecule is C=CCCC(=O)Nc1cccc(CNCC)c1. The van der Waals surface area contributed by atoms with E-state index in [0.717, 1.165) is 18.8 Å². The normalized spacial score (nSPS) is 9.94. The smallest absolute Gasteiger partial charge is 0.224 e. The molecule has 1 amide bonds. The van der Waals surface area contributed by atoms with Gasteiger partial charge in [0.25, 0.3) is 0 Å². The second-order valence-corrected chi connectivity index (χ2v) is 3.86. The van der Waals surface area contributed by atoms with Crippen molar-refractivity contribution >= 4 is 11.6 Å². The standard InChI is InChI=1S/C14H20N2O/c1-3-5-9-14(17)16-13-8-6-7-12(10-13)11-15-4-2/h3,6-8,10,15H,1,4-5,9,11H2,2H3,(H,16,17). The van der Waals surface area contributed by atoms with Gasteiger partial charge in [0.1, 0.15) is 0 Å². The van der Waals surface area contributed by atoms with Crippen molar-refractivity contribution in [2.75, 3.05) is 11.9 Å². The lowest BCUT2D eigenvalue weighted by molar-refractivity contribution is -0.116. The Labute approximate surface area is 103 Å². The Hall–Kier alpha value is -1.61. The van der Waals surface area contributed by atoms with Gasteiger partial charge in [0.05, 0.1) is 0 Å². The van der Waals surface area contributed by atoms with Crippen LogP contribution in [-0.4, -0.2) is 12.5 Å². The molecule has 0 aliphatic carbocycles. The molecule has 0 heterocycles. The molecule has 0 atom stereocenters. The molecule has 92 valence electrons. The lowest BCUT2D eigenvalue weighted by Gasteiger charge is -2.07. The molecule has 0 saturated heterocycles. The third-order valence-electron chi connectivity index (χ3n) is 2.37. The van der Waals surface area contributed by atoms with Crippen LogP contribution in [0.15, 0.2) is 36.9 Å². The van der Waals surface area contributed by atoms with Crippen LogP contribution in [0.2, 0.25) is 0 Å². The highest BCUT2D eigenvalue weighted by Crippen LogP contribution is 2.11. The van der Waals surface area contributed by atoms with Crippen molar-refractivity contribution < 1.29 is 4.79 Å². The van der Waals surface area contributed by atoms with E-state index >= 15 is 0 Å². The van der Waals surface area contributed by atoms with E-state index in [1.54, 1.807) is 6.08 Å². The van der Waals surface area contributed by atoms with E-state index in [2.05, 4.69) is 24.1 Å². The molecule has 1 aromatic rings. The monoisotopic (exact) mass is 232 g/mol. The van der Waals surface area contributed by atoms with Crippen molar-refractivity contribution in [2.24, 2.45) is 0 Å². The number of hydrogen-bond acceptors (Lipinski definition) is 2. The fraction of sp³-hybridized carbons (Fsp3) is 0.357. The summed E-state index contributed by atoms with van der Waals surface area (Å²) < 4.78 is 0. The van der Waals surface area contributed by atoms with Gasteiger partial charge in [-0.2, -0.15) is 0 Å². The third kappa shape index (κ3) is 5.31. The molecule has 0 aromatic heterocycles. The van der Waals surface area contributed by atoms with Crippen molar-refractivity contribution in [3.63, 3.8) is 0 Å². The molecule has 0 unspecified atom stereocenters. The van der Waals surface area contributed by atoms with Crippen molar-refractivity contribution in [2.45, 2.75) is 26.3 Å². The van der Waals surface area contributed by atoms with Crippen molar-refractivity contribution in [3.8, 4) is 0 Å². The number of hydrogen-bond donors (Lipinski definition) is 2.